The van der Waals surface area contributed by atoms with Crippen molar-refractivity contribution in [3.05, 3.63) is 82.1 Å². The zero-order chi connectivity index (χ0) is 22.8. The molecule has 0 N–H and O–H groups in total. The Morgan fingerprint density at radius 1 is 1.16 bits per heavy atom. The highest BCUT2D eigenvalue weighted by Crippen LogP contribution is 2.43. The monoisotopic (exact) mass is 445 g/mol. The van der Waals surface area contributed by atoms with Crippen LogP contribution in [0.2, 0.25) is 0 Å². The lowest BCUT2D eigenvalue weighted by Gasteiger charge is -2.21. The third-order valence-corrected chi connectivity index (χ3v) is 5.74. The second kappa shape index (κ2) is 11.8. The van der Waals surface area contributed by atoms with Crippen LogP contribution in [0.1, 0.15) is 35.0 Å². The van der Waals surface area contributed by atoms with Crippen molar-refractivity contribution in [3.63, 3.8) is 0 Å². The number of hydrogen-bond acceptors (Lipinski definition) is 8. The van der Waals surface area contributed by atoms with Crippen LogP contribution in [0, 0.1) is 10.1 Å². The van der Waals surface area contributed by atoms with Gasteiger partial charge in [-0.05, 0) is 25.1 Å². The number of esters is 2. The van der Waals surface area contributed by atoms with Gasteiger partial charge in [0.25, 0.3) is 0 Å². The van der Waals surface area contributed by atoms with Crippen LogP contribution in [0.15, 0.2) is 65.8 Å². The van der Waals surface area contributed by atoms with E-state index in [2.05, 4.69) is 0 Å². The van der Waals surface area contributed by atoms with Crippen molar-refractivity contribution in [2.75, 3.05) is 13.7 Å². The molecule has 0 saturated heterocycles. The molecular weight excluding hydrogens is 422 g/mol. The van der Waals surface area contributed by atoms with Gasteiger partial charge in [-0.25, -0.2) is 9.59 Å². The Labute approximate surface area is 184 Å². The first-order valence-corrected chi connectivity index (χ1v) is 10.3. The standard InChI is InChI=1S/C22H23NO7S/c1-4-29-20(24)13-14-30-18-11-7-5-9-16(18)21(15(2)23(26)27)31-19-12-8-6-10-17(19)22(25)28-3/h5-15,21H,4H2,1-3H3/b14-13+. The number of nitro groups is 1. The summed E-state index contributed by atoms with van der Waals surface area (Å²) in [6.07, 6.45) is 2.31. The van der Waals surface area contributed by atoms with Gasteiger partial charge >= 0.3 is 11.9 Å². The Balaban J connectivity index is 2.41. The van der Waals surface area contributed by atoms with Crippen molar-refractivity contribution in [1.29, 1.82) is 0 Å². The Kier molecular flexibility index (Phi) is 9.08. The highest BCUT2D eigenvalue weighted by molar-refractivity contribution is 7.99. The summed E-state index contributed by atoms with van der Waals surface area (Å²) in [4.78, 5) is 35.4. The largest absolute Gasteiger partial charge is 0.465 e. The van der Waals surface area contributed by atoms with Gasteiger partial charge in [-0.3, -0.25) is 10.1 Å². The molecule has 2 unspecified atom stereocenters. The summed E-state index contributed by atoms with van der Waals surface area (Å²) in [5.74, 6) is -0.737. The van der Waals surface area contributed by atoms with E-state index < -0.39 is 23.2 Å². The predicted molar refractivity (Wildman–Crippen MR) is 116 cm³/mol. The van der Waals surface area contributed by atoms with Crippen molar-refractivity contribution < 1.29 is 28.7 Å². The van der Waals surface area contributed by atoms with Gasteiger partial charge in [-0.2, -0.15) is 0 Å². The zero-order valence-electron chi connectivity index (χ0n) is 17.3. The van der Waals surface area contributed by atoms with E-state index in [1.54, 1.807) is 55.5 Å². The second-order valence-corrected chi connectivity index (χ2v) is 7.45. The fourth-order valence-corrected chi connectivity index (χ4v) is 4.02. The third-order valence-electron chi connectivity index (χ3n) is 4.23. The van der Waals surface area contributed by atoms with Gasteiger partial charge in [0.15, 0.2) is 0 Å². The maximum absolute atomic E-state index is 12.1. The van der Waals surface area contributed by atoms with E-state index in [4.69, 9.17) is 14.2 Å². The smallest absolute Gasteiger partial charge is 0.338 e. The number of thioether (sulfide) groups is 1. The minimum Gasteiger partial charge on any atom is -0.465 e. The molecule has 31 heavy (non-hydrogen) atoms. The number of carbonyl (C=O) groups excluding carboxylic acids is 2. The normalized spacial score (nSPS) is 12.7. The number of methoxy groups -OCH3 is 1. The van der Waals surface area contributed by atoms with E-state index in [0.29, 0.717) is 21.8 Å². The van der Waals surface area contributed by atoms with Crippen LogP contribution < -0.4 is 4.74 Å². The molecule has 2 rings (SSSR count). The van der Waals surface area contributed by atoms with Gasteiger partial charge in [0, 0.05) is 22.3 Å². The first kappa shape index (κ1) is 23.9. The number of ether oxygens (including phenoxy) is 3. The van der Waals surface area contributed by atoms with Crippen LogP contribution in [-0.4, -0.2) is 36.6 Å². The molecule has 8 nitrogen and oxygen atoms in total. The number of benzene rings is 2. The van der Waals surface area contributed by atoms with Gasteiger partial charge in [0.05, 0.1) is 31.6 Å². The molecule has 0 aliphatic heterocycles. The number of carbonyl (C=O) groups is 2. The summed E-state index contributed by atoms with van der Waals surface area (Å²) in [6, 6.07) is 12.6. The van der Waals surface area contributed by atoms with E-state index in [1.807, 2.05) is 0 Å². The van der Waals surface area contributed by atoms with Crippen LogP contribution in [0.4, 0.5) is 0 Å². The van der Waals surface area contributed by atoms with Gasteiger partial charge in [0.2, 0.25) is 6.04 Å². The highest BCUT2D eigenvalue weighted by atomic mass is 32.2. The quantitative estimate of drug-likeness (QED) is 0.132. The van der Waals surface area contributed by atoms with Gasteiger partial charge < -0.3 is 14.2 Å². The fraction of sp³-hybridized carbons (Fsp3) is 0.273. The van der Waals surface area contributed by atoms with Gasteiger partial charge in [0.1, 0.15) is 11.0 Å². The first-order chi connectivity index (χ1) is 14.9. The average Bonchev–Trinajstić information content (AvgIpc) is 2.77. The molecule has 0 bridgehead atoms. The summed E-state index contributed by atoms with van der Waals surface area (Å²) in [5, 5.41) is 11.0. The molecule has 0 aliphatic carbocycles. The molecule has 0 saturated carbocycles. The Morgan fingerprint density at radius 3 is 2.52 bits per heavy atom. The zero-order valence-corrected chi connectivity index (χ0v) is 18.2. The van der Waals surface area contributed by atoms with Gasteiger partial charge in [-0.15, -0.1) is 11.8 Å². The SMILES string of the molecule is CCOC(=O)/C=C/Oc1ccccc1C(Sc1ccccc1C(=O)OC)C(C)[N+](=O)[O-]. The predicted octanol–water partition coefficient (Wildman–Crippen LogP) is 4.43. The summed E-state index contributed by atoms with van der Waals surface area (Å²) < 4.78 is 15.2. The molecule has 0 aromatic heterocycles. The number of para-hydroxylation sites is 1. The summed E-state index contributed by atoms with van der Waals surface area (Å²) >= 11 is 1.17. The number of nitrogens with zero attached hydrogens (tertiary/aromatic N) is 1. The summed E-state index contributed by atoms with van der Waals surface area (Å²) in [6.45, 7) is 3.41. The van der Waals surface area contributed by atoms with Crippen molar-refractivity contribution in [2.45, 2.75) is 30.0 Å². The molecule has 164 valence electrons. The lowest BCUT2D eigenvalue weighted by molar-refractivity contribution is -0.518. The van der Waals surface area contributed by atoms with Crippen molar-refractivity contribution in [2.24, 2.45) is 0 Å². The van der Waals surface area contributed by atoms with Crippen molar-refractivity contribution in [1.82, 2.24) is 0 Å². The maximum atomic E-state index is 12.1. The third kappa shape index (κ3) is 6.58. The lowest BCUT2D eigenvalue weighted by atomic mass is 10.1. The maximum Gasteiger partial charge on any atom is 0.338 e. The molecule has 2 atom stereocenters. The molecule has 0 heterocycles. The van der Waals surface area contributed by atoms with Gasteiger partial charge in [-0.1, -0.05) is 30.3 Å². The molecule has 9 heteroatoms. The average molecular weight is 445 g/mol. The number of rotatable bonds is 10. The van der Waals surface area contributed by atoms with Crippen LogP contribution in [-0.2, 0) is 14.3 Å². The molecule has 2 aromatic carbocycles. The van der Waals surface area contributed by atoms with Crippen LogP contribution in [0.5, 0.6) is 5.75 Å². The minimum atomic E-state index is -1.01. The lowest BCUT2D eigenvalue weighted by Crippen LogP contribution is -2.23. The topological polar surface area (TPSA) is 105 Å². The fourth-order valence-electron chi connectivity index (χ4n) is 2.69. The minimum absolute atomic E-state index is 0.235. The Hall–Kier alpha value is -3.33. The molecule has 0 fully saturated rings. The molecule has 0 amide bonds. The second-order valence-electron chi connectivity index (χ2n) is 6.26. The van der Waals surface area contributed by atoms with Crippen LogP contribution in [0.3, 0.4) is 0 Å². The van der Waals surface area contributed by atoms with E-state index >= 15 is 0 Å². The van der Waals surface area contributed by atoms with Crippen molar-refractivity contribution >= 4 is 23.7 Å². The highest BCUT2D eigenvalue weighted by Gasteiger charge is 2.32. The first-order valence-electron chi connectivity index (χ1n) is 9.45. The van der Waals surface area contributed by atoms with Crippen LogP contribution in [0.25, 0.3) is 0 Å². The van der Waals surface area contributed by atoms with E-state index in [9.17, 15) is 19.7 Å². The summed E-state index contributed by atoms with van der Waals surface area (Å²) in [7, 11) is 1.28. The van der Waals surface area contributed by atoms with Crippen molar-refractivity contribution in [3.8, 4) is 5.75 Å². The Morgan fingerprint density at radius 2 is 1.84 bits per heavy atom. The molecule has 0 aliphatic rings. The van der Waals surface area contributed by atoms with E-state index in [-0.39, 0.29) is 11.5 Å². The Bertz CT molecular complexity index is 960. The number of hydrogen-bond donors (Lipinski definition) is 0. The molecular formula is C22H23NO7S. The van der Waals surface area contributed by atoms with Crippen LogP contribution >= 0.6 is 11.8 Å². The molecule has 2 aromatic rings. The van der Waals surface area contributed by atoms with E-state index in [0.717, 1.165) is 6.08 Å². The summed E-state index contributed by atoms with van der Waals surface area (Å²) in [5.41, 5.74) is 0.862. The van der Waals surface area contributed by atoms with E-state index in [1.165, 1.54) is 32.1 Å². The molecule has 0 spiro atoms. The molecule has 0 radical (unpaired) electrons.